The van der Waals surface area contributed by atoms with Crippen molar-refractivity contribution in [2.75, 3.05) is 5.32 Å². The van der Waals surface area contributed by atoms with E-state index in [9.17, 15) is 14.4 Å². The summed E-state index contributed by atoms with van der Waals surface area (Å²) in [6.07, 6.45) is 3.55. The monoisotopic (exact) mass is 368 g/mol. The third kappa shape index (κ3) is 3.36. The predicted octanol–water partition coefficient (Wildman–Crippen LogP) is 1.99. The minimum atomic E-state index is -0.405. The third-order valence-electron chi connectivity index (χ3n) is 4.13. The highest BCUT2D eigenvalue weighted by Gasteiger charge is 2.25. The molecule has 132 valence electrons. The molecule has 0 spiro atoms. The van der Waals surface area contributed by atoms with Crippen molar-refractivity contribution in [1.29, 1.82) is 0 Å². The number of rotatable bonds is 5. The van der Waals surface area contributed by atoms with E-state index >= 15 is 0 Å². The molecule has 4 rings (SSSR count). The fraction of sp³-hybridized carbons (Fsp3) is 0.222. The van der Waals surface area contributed by atoms with Crippen LogP contribution in [0.25, 0.3) is 10.8 Å². The van der Waals surface area contributed by atoms with Crippen molar-refractivity contribution in [3.8, 4) is 0 Å². The molecule has 2 aromatic heterocycles. The number of amides is 2. The van der Waals surface area contributed by atoms with Crippen LogP contribution in [0, 0.1) is 0 Å². The van der Waals surface area contributed by atoms with Crippen LogP contribution >= 0.6 is 11.3 Å². The summed E-state index contributed by atoms with van der Waals surface area (Å²) in [4.78, 5) is 37.0. The minimum absolute atomic E-state index is 0.190. The fourth-order valence-corrected chi connectivity index (χ4v) is 3.42. The van der Waals surface area contributed by atoms with E-state index in [0.29, 0.717) is 16.0 Å². The third-order valence-corrected chi connectivity index (χ3v) is 4.96. The summed E-state index contributed by atoms with van der Waals surface area (Å²) < 4.78 is 1.12. The van der Waals surface area contributed by atoms with Gasteiger partial charge in [-0.2, -0.15) is 5.10 Å². The van der Waals surface area contributed by atoms with E-state index in [2.05, 4.69) is 15.7 Å². The molecule has 1 fully saturated rings. The normalized spacial score (nSPS) is 13.5. The summed E-state index contributed by atoms with van der Waals surface area (Å²) in [6.45, 7) is -0.217. The van der Waals surface area contributed by atoms with Crippen LogP contribution in [0.1, 0.15) is 23.2 Å². The van der Waals surface area contributed by atoms with E-state index in [1.54, 1.807) is 35.8 Å². The van der Waals surface area contributed by atoms with Crippen LogP contribution < -0.4 is 16.2 Å². The molecular formula is C18H16N4O3S. The molecule has 7 nitrogen and oxygen atoms in total. The highest BCUT2D eigenvalue weighted by Crippen LogP contribution is 2.25. The number of hydrogen-bond acceptors (Lipinski definition) is 5. The average molecular weight is 368 g/mol. The van der Waals surface area contributed by atoms with Crippen molar-refractivity contribution >= 4 is 38.9 Å². The summed E-state index contributed by atoms with van der Waals surface area (Å²) in [5.74, 6) is -0.595. The SMILES string of the molecule is O=C(Cn1ncc2ccccc2c1=O)Nc1sccc1C(=O)NC1CC1. The second-order valence-electron chi connectivity index (χ2n) is 6.15. The Morgan fingerprint density at radius 2 is 2.04 bits per heavy atom. The summed E-state index contributed by atoms with van der Waals surface area (Å²) in [6, 6.07) is 9.01. The van der Waals surface area contributed by atoms with Crippen molar-refractivity contribution in [3.63, 3.8) is 0 Å². The topological polar surface area (TPSA) is 93.1 Å². The number of hydrogen-bond donors (Lipinski definition) is 2. The molecule has 26 heavy (non-hydrogen) atoms. The Hall–Kier alpha value is -3.00. The molecule has 1 saturated carbocycles. The Bertz CT molecular complexity index is 1050. The maximum absolute atomic E-state index is 12.4. The van der Waals surface area contributed by atoms with Gasteiger partial charge in [-0.1, -0.05) is 18.2 Å². The zero-order valence-corrected chi connectivity index (χ0v) is 14.6. The maximum atomic E-state index is 12.4. The van der Waals surface area contributed by atoms with E-state index in [-0.39, 0.29) is 24.1 Å². The smallest absolute Gasteiger partial charge is 0.275 e. The number of anilines is 1. The number of nitrogens with one attached hydrogen (secondary N) is 2. The van der Waals surface area contributed by atoms with Crippen molar-refractivity contribution < 1.29 is 9.59 Å². The highest BCUT2D eigenvalue weighted by molar-refractivity contribution is 7.14. The van der Waals surface area contributed by atoms with Crippen molar-refractivity contribution in [2.45, 2.75) is 25.4 Å². The lowest BCUT2D eigenvalue weighted by Gasteiger charge is -2.08. The van der Waals surface area contributed by atoms with E-state index < -0.39 is 5.91 Å². The molecule has 1 aliphatic carbocycles. The van der Waals surface area contributed by atoms with Crippen LogP contribution in [0.4, 0.5) is 5.00 Å². The van der Waals surface area contributed by atoms with Gasteiger partial charge in [-0.15, -0.1) is 11.3 Å². The fourth-order valence-electron chi connectivity index (χ4n) is 2.62. The van der Waals surface area contributed by atoms with Gasteiger partial charge in [-0.05, 0) is 30.4 Å². The van der Waals surface area contributed by atoms with Crippen LogP contribution in [0.3, 0.4) is 0 Å². The number of thiophene rings is 1. The maximum Gasteiger partial charge on any atom is 0.275 e. The lowest BCUT2D eigenvalue weighted by Crippen LogP contribution is -2.30. The zero-order chi connectivity index (χ0) is 18.1. The molecule has 0 radical (unpaired) electrons. The largest absolute Gasteiger partial charge is 0.349 e. The first-order valence-corrected chi connectivity index (χ1v) is 9.13. The van der Waals surface area contributed by atoms with Gasteiger partial charge in [0.05, 0.1) is 17.1 Å². The first-order chi connectivity index (χ1) is 12.6. The molecule has 0 saturated heterocycles. The Kier molecular flexibility index (Phi) is 4.26. The molecule has 3 aromatic rings. The highest BCUT2D eigenvalue weighted by atomic mass is 32.1. The number of carbonyl (C=O) groups excluding carboxylic acids is 2. The van der Waals surface area contributed by atoms with Crippen molar-refractivity contribution in [3.05, 3.63) is 57.8 Å². The lowest BCUT2D eigenvalue weighted by atomic mass is 10.2. The van der Waals surface area contributed by atoms with Crippen LogP contribution in [0.2, 0.25) is 0 Å². The molecule has 8 heteroatoms. The second kappa shape index (κ2) is 6.72. The molecule has 0 bridgehead atoms. The summed E-state index contributed by atoms with van der Waals surface area (Å²) in [5, 5.41) is 13.1. The van der Waals surface area contributed by atoms with Gasteiger partial charge in [-0.3, -0.25) is 14.4 Å². The van der Waals surface area contributed by atoms with E-state index in [1.165, 1.54) is 11.3 Å². The van der Waals surface area contributed by atoms with Gasteiger partial charge in [0.2, 0.25) is 5.91 Å². The number of nitrogens with zero attached hydrogens (tertiary/aromatic N) is 2. The van der Waals surface area contributed by atoms with Crippen LogP contribution in [-0.4, -0.2) is 27.6 Å². The molecule has 2 amide bonds. The molecular weight excluding hydrogens is 352 g/mol. The lowest BCUT2D eigenvalue weighted by molar-refractivity contribution is -0.116. The molecule has 2 heterocycles. The van der Waals surface area contributed by atoms with Gasteiger partial charge in [0.25, 0.3) is 11.5 Å². The average Bonchev–Trinajstić information content (AvgIpc) is 3.33. The zero-order valence-electron chi connectivity index (χ0n) is 13.8. The molecule has 2 N–H and O–H groups in total. The Morgan fingerprint density at radius 1 is 1.23 bits per heavy atom. The van der Waals surface area contributed by atoms with Gasteiger partial charge in [-0.25, -0.2) is 4.68 Å². The minimum Gasteiger partial charge on any atom is -0.349 e. The second-order valence-corrected chi connectivity index (χ2v) is 7.07. The predicted molar refractivity (Wildman–Crippen MR) is 99.4 cm³/mol. The van der Waals surface area contributed by atoms with E-state index in [1.807, 2.05) is 6.07 Å². The van der Waals surface area contributed by atoms with Crippen LogP contribution in [-0.2, 0) is 11.3 Å². The number of aromatic nitrogens is 2. The van der Waals surface area contributed by atoms with E-state index in [0.717, 1.165) is 22.9 Å². The Labute approximate surface area is 152 Å². The quantitative estimate of drug-likeness (QED) is 0.720. The molecule has 1 aromatic carbocycles. The first-order valence-electron chi connectivity index (χ1n) is 8.25. The standard InChI is InChI=1S/C18H16N4O3S/c23-15(10-22-18(25)13-4-2-1-3-11(13)9-19-22)21-17-14(7-8-26-17)16(24)20-12-5-6-12/h1-4,7-9,12H,5-6,10H2,(H,20,24)(H,21,23). The van der Waals surface area contributed by atoms with Crippen LogP contribution in [0.5, 0.6) is 0 Å². The van der Waals surface area contributed by atoms with Gasteiger partial charge in [0.15, 0.2) is 0 Å². The van der Waals surface area contributed by atoms with Gasteiger partial charge in [0.1, 0.15) is 11.5 Å². The Balaban J connectivity index is 1.50. The number of fused-ring (bicyclic) bond motifs is 1. The molecule has 0 unspecified atom stereocenters. The van der Waals surface area contributed by atoms with Gasteiger partial charge < -0.3 is 10.6 Å². The first kappa shape index (κ1) is 16.5. The number of carbonyl (C=O) groups is 2. The van der Waals surface area contributed by atoms with Gasteiger partial charge in [0, 0.05) is 11.4 Å². The van der Waals surface area contributed by atoms with Gasteiger partial charge >= 0.3 is 0 Å². The Morgan fingerprint density at radius 3 is 2.85 bits per heavy atom. The summed E-state index contributed by atoms with van der Waals surface area (Å²) in [5.41, 5.74) is 0.116. The molecule has 0 aliphatic heterocycles. The van der Waals surface area contributed by atoms with Crippen molar-refractivity contribution in [2.24, 2.45) is 0 Å². The number of benzene rings is 1. The summed E-state index contributed by atoms with van der Waals surface area (Å²) in [7, 11) is 0. The van der Waals surface area contributed by atoms with Crippen molar-refractivity contribution in [1.82, 2.24) is 15.1 Å². The van der Waals surface area contributed by atoms with Crippen LogP contribution in [0.15, 0.2) is 46.7 Å². The molecule has 0 atom stereocenters. The molecule has 1 aliphatic rings. The summed E-state index contributed by atoms with van der Waals surface area (Å²) >= 11 is 1.27. The van der Waals surface area contributed by atoms with E-state index in [4.69, 9.17) is 0 Å².